The van der Waals surface area contributed by atoms with Crippen molar-refractivity contribution in [1.82, 2.24) is 0 Å². The molecule has 0 aliphatic carbocycles. The molecule has 108 valence electrons. The molecule has 0 heterocycles. The van der Waals surface area contributed by atoms with E-state index in [1.165, 1.54) is 18.2 Å². The van der Waals surface area contributed by atoms with Gasteiger partial charge in [0, 0.05) is 23.4 Å². The lowest BCUT2D eigenvalue weighted by Gasteiger charge is -2.12. The number of hydrogen-bond acceptors (Lipinski definition) is 5. The second-order valence-corrected chi connectivity index (χ2v) is 4.54. The Bertz CT molecular complexity index is 739. The van der Waals surface area contributed by atoms with Gasteiger partial charge in [-0.15, -0.1) is 0 Å². The minimum Gasteiger partial charge on any atom is -0.504 e. The van der Waals surface area contributed by atoms with Gasteiger partial charge in [-0.25, -0.2) is 4.39 Å². The van der Waals surface area contributed by atoms with Crippen LogP contribution < -0.4 is 5.32 Å². The number of halogens is 1. The van der Waals surface area contributed by atoms with Crippen molar-refractivity contribution in [3.63, 3.8) is 0 Å². The van der Waals surface area contributed by atoms with Crippen LogP contribution in [-0.2, 0) is 6.54 Å². The van der Waals surface area contributed by atoms with Gasteiger partial charge in [0.15, 0.2) is 11.5 Å². The van der Waals surface area contributed by atoms with Crippen LogP contribution in [0, 0.1) is 24.1 Å². The van der Waals surface area contributed by atoms with Gasteiger partial charge in [-0.3, -0.25) is 0 Å². The smallest absolute Gasteiger partial charge is 0.200 e. The van der Waals surface area contributed by atoms with Crippen LogP contribution in [0.25, 0.3) is 0 Å². The molecule has 0 radical (unpaired) electrons. The summed E-state index contributed by atoms with van der Waals surface area (Å²) in [4.78, 5) is 0. The first-order valence-electron chi connectivity index (χ1n) is 6.11. The Balaban J connectivity index is 2.27. The van der Waals surface area contributed by atoms with Crippen molar-refractivity contribution in [2.45, 2.75) is 13.5 Å². The lowest BCUT2D eigenvalue weighted by atomic mass is 10.1. The van der Waals surface area contributed by atoms with E-state index in [9.17, 15) is 19.7 Å². The number of aromatic hydroxyl groups is 3. The van der Waals surface area contributed by atoms with Crippen molar-refractivity contribution in [2.24, 2.45) is 0 Å². The summed E-state index contributed by atoms with van der Waals surface area (Å²) < 4.78 is 13.6. The van der Waals surface area contributed by atoms with Gasteiger partial charge < -0.3 is 20.6 Å². The van der Waals surface area contributed by atoms with E-state index in [2.05, 4.69) is 5.32 Å². The fourth-order valence-corrected chi connectivity index (χ4v) is 1.87. The van der Waals surface area contributed by atoms with Crippen LogP contribution in [0.2, 0.25) is 0 Å². The van der Waals surface area contributed by atoms with Gasteiger partial charge in [0.2, 0.25) is 5.75 Å². The molecule has 0 saturated carbocycles. The summed E-state index contributed by atoms with van der Waals surface area (Å²) in [7, 11) is 0. The first-order chi connectivity index (χ1) is 9.93. The van der Waals surface area contributed by atoms with Crippen LogP contribution in [0.4, 0.5) is 10.1 Å². The third-order valence-electron chi connectivity index (χ3n) is 3.16. The van der Waals surface area contributed by atoms with Crippen molar-refractivity contribution in [2.75, 3.05) is 5.32 Å². The molecular formula is C15H13FN2O3. The molecule has 2 aromatic rings. The lowest BCUT2D eigenvalue weighted by Crippen LogP contribution is -2.03. The molecule has 0 aromatic heterocycles. The molecule has 0 aliphatic rings. The van der Waals surface area contributed by atoms with Gasteiger partial charge in [0.05, 0.1) is 11.6 Å². The predicted octanol–water partition coefficient (Wildman–Crippen LogP) is 2.73. The Morgan fingerprint density at radius 3 is 2.57 bits per heavy atom. The van der Waals surface area contributed by atoms with E-state index in [0.29, 0.717) is 16.8 Å². The fourth-order valence-electron chi connectivity index (χ4n) is 1.87. The minimum atomic E-state index is -0.608. The monoisotopic (exact) mass is 288 g/mol. The van der Waals surface area contributed by atoms with Gasteiger partial charge in [0.25, 0.3) is 0 Å². The molecular weight excluding hydrogens is 275 g/mol. The average molecular weight is 288 g/mol. The maximum absolute atomic E-state index is 13.6. The number of nitriles is 1. The lowest BCUT2D eigenvalue weighted by molar-refractivity contribution is 0.365. The van der Waals surface area contributed by atoms with E-state index in [0.717, 1.165) is 6.07 Å². The van der Waals surface area contributed by atoms with Crippen molar-refractivity contribution >= 4 is 5.69 Å². The molecule has 0 spiro atoms. The molecule has 2 rings (SSSR count). The number of hydrogen-bond donors (Lipinski definition) is 4. The normalized spacial score (nSPS) is 10.1. The van der Waals surface area contributed by atoms with E-state index in [1.807, 2.05) is 6.07 Å². The van der Waals surface area contributed by atoms with Crippen molar-refractivity contribution in [3.05, 3.63) is 46.8 Å². The van der Waals surface area contributed by atoms with Crippen molar-refractivity contribution < 1.29 is 19.7 Å². The summed E-state index contributed by atoms with van der Waals surface area (Å²) in [5.41, 5.74) is 1.26. The molecule has 0 amide bonds. The summed E-state index contributed by atoms with van der Waals surface area (Å²) in [5, 5.41) is 40.1. The molecule has 0 saturated heterocycles. The van der Waals surface area contributed by atoms with E-state index in [-0.39, 0.29) is 12.1 Å². The summed E-state index contributed by atoms with van der Waals surface area (Å²) in [6.07, 6.45) is 0. The van der Waals surface area contributed by atoms with Crippen LogP contribution in [0.1, 0.15) is 16.7 Å². The van der Waals surface area contributed by atoms with Crippen LogP contribution in [0.3, 0.4) is 0 Å². The van der Waals surface area contributed by atoms with Gasteiger partial charge in [0.1, 0.15) is 5.82 Å². The zero-order chi connectivity index (χ0) is 15.6. The zero-order valence-corrected chi connectivity index (χ0v) is 11.2. The molecule has 0 fully saturated rings. The van der Waals surface area contributed by atoms with Crippen LogP contribution in [-0.4, -0.2) is 15.3 Å². The summed E-state index contributed by atoms with van der Waals surface area (Å²) in [5.74, 6) is -1.99. The fraction of sp³-hybridized carbons (Fsp3) is 0.133. The van der Waals surface area contributed by atoms with E-state index in [4.69, 9.17) is 5.26 Å². The maximum atomic E-state index is 13.6. The molecule has 6 heteroatoms. The first kappa shape index (κ1) is 14.5. The number of anilines is 1. The highest BCUT2D eigenvalue weighted by molar-refractivity contribution is 5.58. The quantitative estimate of drug-likeness (QED) is 0.651. The van der Waals surface area contributed by atoms with Gasteiger partial charge in [-0.2, -0.15) is 5.26 Å². The number of phenols is 3. The second-order valence-electron chi connectivity index (χ2n) is 4.54. The SMILES string of the molecule is Cc1c(F)cc(C#N)cc1NCc1ccc(O)c(O)c1O. The molecule has 4 N–H and O–H groups in total. The van der Waals surface area contributed by atoms with E-state index < -0.39 is 23.1 Å². The van der Waals surface area contributed by atoms with Crippen LogP contribution in [0.15, 0.2) is 24.3 Å². The zero-order valence-electron chi connectivity index (χ0n) is 11.2. The Kier molecular flexibility index (Phi) is 3.85. The Hall–Kier alpha value is -2.94. The van der Waals surface area contributed by atoms with E-state index >= 15 is 0 Å². The highest BCUT2D eigenvalue weighted by atomic mass is 19.1. The molecule has 5 nitrogen and oxygen atoms in total. The van der Waals surface area contributed by atoms with Crippen molar-refractivity contribution in [1.29, 1.82) is 5.26 Å². The highest BCUT2D eigenvalue weighted by Crippen LogP contribution is 2.37. The summed E-state index contributed by atoms with van der Waals surface area (Å²) in [6, 6.07) is 7.17. The summed E-state index contributed by atoms with van der Waals surface area (Å²) >= 11 is 0. The third-order valence-corrected chi connectivity index (χ3v) is 3.16. The van der Waals surface area contributed by atoms with Crippen LogP contribution in [0.5, 0.6) is 17.2 Å². The number of nitrogens with zero attached hydrogens (tertiary/aromatic N) is 1. The Morgan fingerprint density at radius 1 is 1.19 bits per heavy atom. The molecule has 0 atom stereocenters. The molecule has 21 heavy (non-hydrogen) atoms. The minimum absolute atomic E-state index is 0.0921. The molecule has 0 unspecified atom stereocenters. The topological polar surface area (TPSA) is 96.5 Å². The van der Waals surface area contributed by atoms with Crippen LogP contribution >= 0.6 is 0 Å². The Morgan fingerprint density at radius 2 is 1.90 bits per heavy atom. The average Bonchev–Trinajstić information content (AvgIpc) is 2.47. The highest BCUT2D eigenvalue weighted by Gasteiger charge is 2.12. The predicted molar refractivity (Wildman–Crippen MR) is 74.6 cm³/mol. The number of benzene rings is 2. The number of phenolic OH excluding ortho intramolecular Hbond substituents is 3. The van der Waals surface area contributed by atoms with E-state index in [1.54, 1.807) is 6.92 Å². The molecule has 0 aliphatic heterocycles. The van der Waals surface area contributed by atoms with Gasteiger partial charge >= 0.3 is 0 Å². The van der Waals surface area contributed by atoms with Gasteiger partial charge in [-0.05, 0) is 31.2 Å². The summed E-state index contributed by atoms with van der Waals surface area (Å²) in [6.45, 7) is 1.65. The molecule has 2 aromatic carbocycles. The largest absolute Gasteiger partial charge is 0.504 e. The first-order valence-corrected chi connectivity index (χ1v) is 6.11. The maximum Gasteiger partial charge on any atom is 0.200 e. The second kappa shape index (κ2) is 5.59. The van der Waals surface area contributed by atoms with Gasteiger partial charge in [-0.1, -0.05) is 0 Å². The number of rotatable bonds is 3. The standard InChI is InChI=1S/C15H13FN2O3/c1-8-11(16)4-9(6-17)5-12(8)18-7-10-2-3-13(19)15(21)14(10)20/h2-5,18-21H,7H2,1H3. The Labute approximate surface area is 120 Å². The molecule has 0 bridgehead atoms. The third kappa shape index (κ3) is 2.82. The van der Waals surface area contributed by atoms with Crippen molar-refractivity contribution in [3.8, 4) is 23.3 Å². The number of nitrogens with one attached hydrogen (secondary N) is 1.